The number of aromatic nitrogens is 1. The summed E-state index contributed by atoms with van der Waals surface area (Å²) in [6.07, 6.45) is 5.60. The van der Waals surface area contributed by atoms with E-state index < -0.39 is 0 Å². The Morgan fingerprint density at radius 1 is 0.929 bits per heavy atom. The first kappa shape index (κ1) is 21.7. The van der Waals surface area contributed by atoms with Crippen LogP contribution >= 0.6 is 0 Å². The fraction of sp³-hybridized carbons (Fsp3) is 0.478. The molecule has 0 spiro atoms. The Morgan fingerprint density at radius 3 is 2.18 bits per heavy atom. The lowest BCUT2D eigenvalue weighted by Gasteiger charge is -2.24. The van der Waals surface area contributed by atoms with Crippen molar-refractivity contribution in [2.24, 2.45) is 0 Å². The Labute approximate surface area is 169 Å². The van der Waals surface area contributed by atoms with Gasteiger partial charge in [-0.15, -0.1) is 0 Å². The molecule has 2 aromatic rings. The van der Waals surface area contributed by atoms with Crippen LogP contribution in [0.4, 0.5) is 17.1 Å². The minimum Gasteiger partial charge on any atom is -0.372 e. The maximum Gasteiger partial charge on any atom is 0.257 e. The molecule has 0 aliphatic rings. The number of hydrogen-bond donors (Lipinski definition) is 1. The van der Waals surface area contributed by atoms with Crippen LogP contribution in [0.25, 0.3) is 0 Å². The Balaban J connectivity index is 2.18. The second-order valence-electron chi connectivity index (χ2n) is 7.04. The maximum absolute atomic E-state index is 12.8. The van der Waals surface area contributed by atoms with Crippen molar-refractivity contribution in [3.05, 3.63) is 47.8 Å². The van der Waals surface area contributed by atoms with Gasteiger partial charge in [0, 0.05) is 43.8 Å². The molecule has 2 rings (SSSR count). The predicted molar refractivity (Wildman–Crippen MR) is 120 cm³/mol. The standard InChI is InChI=1S/C23H34N4O/c1-6-12-27(13-7-2)21-15-19(16-24-17-21)23(28)25-22-11-10-20(14-18(22)5)26(8-3)9-4/h10-11,14-17H,6-9,12-13H2,1-5H3,(H,25,28). The largest absolute Gasteiger partial charge is 0.372 e. The molecule has 5 heteroatoms. The lowest BCUT2D eigenvalue weighted by Crippen LogP contribution is -2.25. The van der Waals surface area contributed by atoms with Crippen molar-refractivity contribution >= 4 is 23.0 Å². The van der Waals surface area contributed by atoms with Crippen LogP contribution in [0.2, 0.25) is 0 Å². The molecular weight excluding hydrogens is 348 g/mol. The van der Waals surface area contributed by atoms with Crippen molar-refractivity contribution in [2.75, 3.05) is 41.3 Å². The smallest absolute Gasteiger partial charge is 0.257 e. The molecule has 1 aromatic carbocycles. The number of anilines is 3. The number of carbonyl (C=O) groups is 1. The molecule has 1 aromatic heterocycles. The minimum absolute atomic E-state index is 0.124. The summed E-state index contributed by atoms with van der Waals surface area (Å²) >= 11 is 0. The number of benzene rings is 1. The summed E-state index contributed by atoms with van der Waals surface area (Å²) in [6.45, 7) is 14.5. The van der Waals surface area contributed by atoms with Crippen LogP contribution in [-0.2, 0) is 0 Å². The number of rotatable bonds is 10. The molecule has 0 bridgehead atoms. The summed E-state index contributed by atoms with van der Waals surface area (Å²) in [5.41, 5.74) is 4.66. The Hall–Kier alpha value is -2.56. The summed E-state index contributed by atoms with van der Waals surface area (Å²) < 4.78 is 0. The van der Waals surface area contributed by atoms with E-state index in [1.54, 1.807) is 6.20 Å². The van der Waals surface area contributed by atoms with E-state index in [0.29, 0.717) is 5.56 Å². The van der Waals surface area contributed by atoms with E-state index in [0.717, 1.165) is 56.0 Å². The highest BCUT2D eigenvalue weighted by Gasteiger charge is 2.13. The van der Waals surface area contributed by atoms with Gasteiger partial charge in [-0.1, -0.05) is 13.8 Å². The summed E-state index contributed by atoms with van der Waals surface area (Å²) in [6, 6.07) is 8.11. The molecular formula is C23H34N4O. The summed E-state index contributed by atoms with van der Waals surface area (Å²) in [5, 5.41) is 3.04. The highest BCUT2D eigenvalue weighted by atomic mass is 16.1. The molecule has 152 valence electrons. The van der Waals surface area contributed by atoms with Crippen LogP contribution in [0, 0.1) is 6.92 Å². The van der Waals surface area contributed by atoms with Crippen molar-refractivity contribution in [2.45, 2.75) is 47.5 Å². The molecule has 0 saturated carbocycles. The van der Waals surface area contributed by atoms with Gasteiger partial charge in [-0.2, -0.15) is 0 Å². The third-order valence-electron chi connectivity index (χ3n) is 4.92. The molecule has 0 aliphatic heterocycles. The van der Waals surface area contributed by atoms with E-state index in [1.165, 1.54) is 5.69 Å². The molecule has 1 N–H and O–H groups in total. The molecule has 0 unspecified atom stereocenters. The number of hydrogen-bond acceptors (Lipinski definition) is 4. The van der Waals surface area contributed by atoms with E-state index in [2.05, 4.69) is 59.9 Å². The number of nitrogens with zero attached hydrogens (tertiary/aromatic N) is 3. The number of aryl methyl sites for hydroxylation is 1. The number of amides is 1. The van der Waals surface area contributed by atoms with Crippen molar-refractivity contribution in [3.8, 4) is 0 Å². The van der Waals surface area contributed by atoms with Crippen LogP contribution in [0.1, 0.15) is 56.5 Å². The number of carbonyl (C=O) groups excluding carboxylic acids is 1. The lowest BCUT2D eigenvalue weighted by atomic mass is 10.1. The zero-order valence-electron chi connectivity index (χ0n) is 18.0. The average Bonchev–Trinajstić information content (AvgIpc) is 2.70. The quantitative estimate of drug-likeness (QED) is 0.620. The van der Waals surface area contributed by atoms with Crippen LogP contribution in [0.3, 0.4) is 0 Å². The van der Waals surface area contributed by atoms with Crippen LogP contribution in [0.5, 0.6) is 0 Å². The zero-order valence-corrected chi connectivity index (χ0v) is 18.0. The van der Waals surface area contributed by atoms with Gasteiger partial charge in [-0.25, -0.2) is 0 Å². The molecule has 1 amide bonds. The summed E-state index contributed by atoms with van der Waals surface area (Å²) in [5.74, 6) is -0.124. The fourth-order valence-corrected chi connectivity index (χ4v) is 3.40. The summed E-state index contributed by atoms with van der Waals surface area (Å²) in [4.78, 5) is 21.7. The van der Waals surface area contributed by atoms with Crippen LogP contribution in [0.15, 0.2) is 36.7 Å². The molecule has 5 nitrogen and oxygen atoms in total. The molecule has 28 heavy (non-hydrogen) atoms. The van der Waals surface area contributed by atoms with Gasteiger partial charge in [0.2, 0.25) is 0 Å². The van der Waals surface area contributed by atoms with E-state index in [9.17, 15) is 4.79 Å². The van der Waals surface area contributed by atoms with Gasteiger partial charge in [-0.3, -0.25) is 9.78 Å². The topological polar surface area (TPSA) is 48.5 Å². The third kappa shape index (κ3) is 5.47. The van der Waals surface area contributed by atoms with E-state index in [-0.39, 0.29) is 5.91 Å². The molecule has 0 radical (unpaired) electrons. The fourth-order valence-electron chi connectivity index (χ4n) is 3.40. The van der Waals surface area contributed by atoms with Gasteiger partial charge in [0.1, 0.15) is 0 Å². The Bertz CT molecular complexity index is 765. The Morgan fingerprint density at radius 2 is 1.61 bits per heavy atom. The second kappa shape index (κ2) is 10.7. The highest BCUT2D eigenvalue weighted by Crippen LogP contribution is 2.24. The molecule has 0 aliphatic carbocycles. The predicted octanol–water partition coefficient (Wildman–Crippen LogP) is 5.11. The van der Waals surface area contributed by atoms with Crippen molar-refractivity contribution in [3.63, 3.8) is 0 Å². The summed E-state index contributed by atoms with van der Waals surface area (Å²) in [7, 11) is 0. The molecule has 0 fully saturated rings. The monoisotopic (exact) mass is 382 g/mol. The molecule has 0 saturated heterocycles. The van der Waals surface area contributed by atoms with Crippen molar-refractivity contribution in [1.82, 2.24) is 4.98 Å². The normalized spacial score (nSPS) is 10.6. The van der Waals surface area contributed by atoms with Crippen LogP contribution in [-0.4, -0.2) is 37.1 Å². The van der Waals surface area contributed by atoms with Crippen molar-refractivity contribution < 1.29 is 4.79 Å². The number of nitrogens with one attached hydrogen (secondary N) is 1. The first-order chi connectivity index (χ1) is 13.5. The zero-order chi connectivity index (χ0) is 20.5. The van der Waals surface area contributed by atoms with Gasteiger partial charge in [-0.05, 0) is 63.4 Å². The first-order valence-electron chi connectivity index (χ1n) is 10.4. The molecule has 0 atom stereocenters. The maximum atomic E-state index is 12.8. The second-order valence-corrected chi connectivity index (χ2v) is 7.04. The van der Waals surface area contributed by atoms with Gasteiger partial charge >= 0.3 is 0 Å². The van der Waals surface area contributed by atoms with Gasteiger partial charge in [0.15, 0.2) is 0 Å². The average molecular weight is 383 g/mol. The lowest BCUT2D eigenvalue weighted by molar-refractivity contribution is 0.102. The number of pyridine rings is 1. The SMILES string of the molecule is CCCN(CCC)c1cncc(C(=O)Nc2ccc(N(CC)CC)cc2C)c1. The van der Waals surface area contributed by atoms with Crippen LogP contribution < -0.4 is 15.1 Å². The highest BCUT2D eigenvalue weighted by molar-refractivity contribution is 6.05. The van der Waals surface area contributed by atoms with E-state index >= 15 is 0 Å². The van der Waals surface area contributed by atoms with Gasteiger partial charge < -0.3 is 15.1 Å². The van der Waals surface area contributed by atoms with E-state index in [1.807, 2.05) is 25.3 Å². The third-order valence-corrected chi connectivity index (χ3v) is 4.92. The van der Waals surface area contributed by atoms with Crippen molar-refractivity contribution in [1.29, 1.82) is 0 Å². The van der Waals surface area contributed by atoms with Gasteiger partial charge in [0.05, 0.1) is 17.4 Å². The first-order valence-corrected chi connectivity index (χ1v) is 10.4. The van der Waals surface area contributed by atoms with E-state index in [4.69, 9.17) is 0 Å². The minimum atomic E-state index is -0.124. The Kier molecular flexibility index (Phi) is 8.30. The molecule has 1 heterocycles. The van der Waals surface area contributed by atoms with Gasteiger partial charge in [0.25, 0.3) is 5.91 Å².